The van der Waals surface area contributed by atoms with E-state index in [-0.39, 0.29) is 0 Å². The Kier molecular flexibility index (Phi) is 2.31. The number of nitrogens with zero attached hydrogens (tertiary/aromatic N) is 3. The van der Waals surface area contributed by atoms with Crippen LogP contribution in [0.4, 0.5) is 0 Å². The molecule has 1 N–H and O–H groups in total. The number of hydrogen-bond donors (Lipinski definition) is 1. The molecule has 0 saturated heterocycles. The molecule has 4 nitrogen and oxygen atoms in total. The standard InChI is InChI=1S/C10H17N3O/c1-8-5-3-4-6-10(8,14)9-7-11-12-13(9)2/h7-8,14H,3-6H2,1-2H3. The van der Waals surface area contributed by atoms with Crippen LogP contribution in [0.15, 0.2) is 6.20 Å². The van der Waals surface area contributed by atoms with E-state index in [0.29, 0.717) is 5.92 Å². The van der Waals surface area contributed by atoms with Gasteiger partial charge in [0, 0.05) is 7.05 Å². The summed E-state index contributed by atoms with van der Waals surface area (Å²) >= 11 is 0. The summed E-state index contributed by atoms with van der Waals surface area (Å²) in [5.74, 6) is 0.299. The molecule has 78 valence electrons. The average Bonchev–Trinajstić information content (AvgIpc) is 2.57. The van der Waals surface area contributed by atoms with Gasteiger partial charge in [-0.25, -0.2) is 4.68 Å². The summed E-state index contributed by atoms with van der Waals surface area (Å²) in [6.45, 7) is 2.10. The fraction of sp³-hybridized carbons (Fsp3) is 0.800. The van der Waals surface area contributed by atoms with Gasteiger partial charge in [0.2, 0.25) is 0 Å². The topological polar surface area (TPSA) is 50.9 Å². The summed E-state index contributed by atoms with van der Waals surface area (Å²) in [6.07, 6.45) is 5.90. The quantitative estimate of drug-likeness (QED) is 0.733. The number of rotatable bonds is 1. The van der Waals surface area contributed by atoms with E-state index in [2.05, 4.69) is 17.2 Å². The van der Waals surface area contributed by atoms with Crippen molar-refractivity contribution in [1.82, 2.24) is 15.0 Å². The molecule has 2 atom stereocenters. The van der Waals surface area contributed by atoms with E-state index in [1.165, 1.54) is 6.42 Å². The number of aromatic nitrogens is 3. The van der Waals surface area contributed by atoms with Crippen LogP contribution in [0.2, 0.25) is 0 Å². The smallest absolute Gasteiger partial charge is 0.110 e. The highest BCUT2D eigenvalue weighted by Crippen LogP contribution is 2.40. The lowest BCUT2D eigenvalue weighted by molar-refractivity contribution is -0.0534. The molecule has 0 amide bonds. The summed E-state index contributed by atoms with van der Waals surface area (Å²) < 4.78 is 1.68. The van der Waals surface area contributed by atoms with E-state index in [4.69, 9.17) is 0 Å². The van der Waals surface area contributed by atoms with Gasteiger partial charge >= 0.3 is 0 Å². The molecule has 14 heavy (non-hydrogen) atoms. The monoisotopic (exact) mass is 195 g/mol. The Balaban J connectivity index is 2.34. The molecule has 1 aromatic rings. The van der Waals surface area contributed by atoms with Crippen LogP contribution < -0.4 is 0 Å². The van der Waals surface area contributed by atoms with E-state index in [9.17, 15) is 5.11 Å². The molecule has 0 spiro atoms. The molecule has 4 heteroatoms. The molecule has 2 unspecified atom stereocenters. The van der Waals surface area contributed by atoms with Gasteiger partial charge < -0.3 is 5.11 Å². The van der Waals surface area contributed by atoms with Crippen molar-refractivity contribution in [2.24, 2.45) is 13.0 Å². The van der Waals surface area contributed by atoms with E-state index in [1.54, 1.807) is 10.9 Å². The van der Waals surface area contributed by atoms with Crippen LogP contribution >= 0.6 is 0 Å². The maximum atomic E-state index is 10.6. The lowest BCUT2D eigenvalue weighted by atomic mass is 9.74. The predicted molar refractivity (Wildman–Crippen MR) is 52.5 cm³/mol. The number of aliphatic hydroxyl groups is 1. The molecule has 1 saturated carbocycles. The van der Waals surface area contributed by atoms with E-state index in [0.717, 1.165) is 25.0 Å². The average molecular weight is 195 g/mol. The third-order valence-corrected chi connectivity index (χ3v) is 3.42. The normalized spacial score (nSPS) is 33.2. The Morgan fingerprint density at radius 3 is 2.93 bits per heavy atom. The molecule has 1 fully saturated rings. The minimum absolute atomic E-state index is 0.299. The van der Waals surface area contributed by atoms with Crippen molar-refractivity contribution in [1.29, 1.82) is 0 Å². The maximum Gasteiger partial charge on any atom is 0.110 e. The van der Waals surface area contributed by atoms with Crippen molar-refractivity contribution in [3.05, 3.63) is 11.9 Å². The fourth-order valence-electron chi connectivity index (χ4n) is 2.39. The third-order valence-electron chi connectivity index (χ3n) is 3.42. The van der Waals surface area contributed by atoms with Crippen molar-refractivity contribution < 1.29 is 5.11 Å². The van der Waals surface area contributed by atoms with Crippen molar-refractivity contribution >= 4 is 0 Å². The van der Waals surface area contributed by atoms with Crippen LogP contribution in [-0.2, 0) is 12.6 Å². The molecule has 0 aliphatic heterocycles. The summed E-state index contributed by atoms with van der Waals surface area (Å²) in [6, 6.07) is 0. The Morgan fingerprint density at radius 1 is 1.57 bits per heavy atom. The zero-order valence-corrected chi connectivity index (χ0v) is 8.77. The second-order valence-corrected chi connectivity index (χ2v) is 4.31. The summed E-state index contributed by atoms with van der Waals surface area (Å²) in [5.41, 5.74) is 0.140. The highest BCUT2D eigenvalue weighted by atomic mass is 16.3. The Morgan fingerprint density at radius 2 is 2.36 bits per heavy atom. The van der Waals surface area contributed by atoms with Gasteiger partial charge in [-0.2, -0.15) is 0 Å². The molecular weight excluding hydrogens is 178 g/mol. The minimum Gasteiger partial charge on any atom is -0.383 e. The van der Waals surface area contributed by atoms with Crippen LogP contribution in [0.25, 0.3) is 0 Å². The maximum absolute atomic E-state index is 10.6. The van der Waals surface area contributed by atoms with Crippen LogP contribution in [0.3, 0.4) is 0 Å². The molecule has 1 aliphatic carbocycles. The third kappa shape index (κ3) is 1.34. The van der Waals surface area contributed by atoms with Crippen molar-refractivity contribution in [3.63, 3.8) is 0 Å². The van der Waals surface area contributed by atoms with E-state index < -0.39 is 5.60 Å². The van der Waals surface area contributed by atoms with Gasteiger partial charge in [0.05, 0.1) is 11.9 Å². The predicted octanol–water partition coefficient (Wildman–Crippen LogP) is 1.21. The van der Waals surface area contributed by atoms with Crippen LogP contribution in [0.5, 0.6) is 0 Å². The van der Waals surface area contributed by atoms with Gasteiger partial charge in [0.1, 0.15) is 5.60 Å². The zero-order valence-electron chi connectivity index (χ0n) is 8.77. The van der Waals surface area contributed by atoms with Gasteiger partial charge in [0.15, 0.2) is 0 Å². The lowest BCUT2D eigenvalue weighted by Crippen LogP contribution is -2.38. The zero-order chi connectivity index (χ0) is 10.2. The lowest BCUT2D eigenvalue weighted by Gasteiger charge is -2.37. The second kappa shape index (κ2) is 3.35. The van der Waals surface area contributed by atoms with Gasteiger partial charge in [-0.05, 0) is 18.8 Å². The largest absolute Gasteiger partial charge is 0.383 e. The molecule has 0 radical (unpaired) electrons. The molecule has 1 heterocycles. The van der Waals surface area contributed by atoms with Crippen LogP contribution in [0.1, 0.15) is 38.3 Å². The summed E-state index contributed by atoms with van der Waals surface area (Å²) in [4.78, 5) is 0. The molecule has 0 bridgehead atoms. The van der Waals surface area contributed by atoms with Crippen molar-refractivity contribution in [3.8, 4) is 0 Å². The van der Waals surface area contributed by atoms with E-state index >= 15 is 0 Å². The Hall–Kier alpha value is -0.900. The molecule has 2 rings (SSSR count). The summed E-state index contributed by atoms with van der Waals surface area (Å²) in [5, 5.41) is 18.3. The van der Waals surface area contributed by atoms with Crippen LogP contribution in [0, 0.1) is 5.92 Å². The Bertz CT molecular complexity index is 323. The first-order valence-electron chi connectivity index (χ1n) is 5.22. The van der Waals surface area contributed by atoms with Gasteiger partial charge in [-0.1, -0.05) is 25.0 Å². The molecular formula is C10H17N3O. The number of hydrogen-bond acceptors (Lipinski definition) is 3. The highest BCUT2D eigenvalue weighted by molar-refractivity contribution is 5.10. The van der Waals surface area contributed by atoms with Gasteiger partial charge in [-0.15, -0.1) is 5.10 Å². The second-order valence-electron chi connectivity index (χ2n) is 4.31. The molecule has 1 aliphatic rings. The first-order chi connectivity index (χ1) is 6.64. The van der Waals surface area contributed by atoms with Gasteiger partial charge in [-0.3, -0.25) is 0 Å². The van der Waals surface area contributed by atoms with Crippen LogP contribution in [-0.4, -0.2) is 20.1 Å². The minimum atomic E-state index is -0.712. The fourth-order valence-corrected chi connectivity index (χ4v) is 2.39. The van der Waals surface area contributed by atoms with E-state index in [1.807, 2.05) is 7.05 Å². The molecule has 1 aromatic heterocycles. The first kappa shape index (κ1) is 9.65. The SMILES string of the molecule is CC1CCCCC1(O)c1cnnn1C. The number of aryl methyl sites for hydroxylation is 1. The first-order valence-corrected chi connectivity index (χ1v) is 5.22. The highest BCUT2D eigenvalue weighted by Gasteiger charge is 2.40. The van der Waals surface area contributed by atoms with Crippen molar-refractivity contribution in [2.45, 2.75) is 38.2 Å². The molecule has 0 aromatic carbocycles. The van der Waals surface area contributed by atoms with Crippen molar-refractivity contribution in [2.75, 3.05) is 0 Å². The Labute approximate surface area is 83.9 Å². The van der Waals surface area contributed by atoms with Gasteiger partial charge in [0.25, 0.3) is 0 Å². The summed E-state index contributed by atoms with van der Waals surface area (Å²) in [7, 11) is 1.83.